The Balaban J connectivity index is 1.92. The quantitative estimate of drug-likeness (QED) is 0.851. The number of carbonyl (C=O) groups excluding carboxylic acids is 1. The fraction of sp³-hybridized carbons (Fsp3) is 0.533. The van der Waals surface area contributed by atoms with Crippen molar-refractivity contribution in [1.82, 2.24) is 4.90 Å². The van der Waals surface area contributed by atoms with Crippen molar-refractivity contribution in [1.29, 1.82) is 0 Å². The van der Waals surface area contributed by atoms with Crippen LogP contribution in [0.2, 0.25) is 0 Å². The van der Waals surface area contributed by atoms with Gasteiger partial charge in [-0.25, -0.2) is 4.39 Å². The van der Waals surface area contributed by atoms with Gasteiger partial charge in [-0.05, 0) is 53.4 Å². The SMILES string of the molecule is NCC(CC(=O)N1CCCCC1)Nc1ccc(F)c(Br)c1. The van der Waals surface area contributed by atoms with Gasteiger partial charge in [-0.1, -0.05) is 0 Å². The van der Waals surface area contributed by atoms with Gasteiger partial charge in [0.25, 0.3) is 0 Å². The number of likely N-dealkylation sites (tertiary alicyclic amines) is 1. The predicted octanol–water partition coefficient (Wildman–Crippen LogP) is 2.73. The second-order valence-corrected chi connectivity index (χ2v) is 6.21. The van der Waals surface area contributed by atoms with Gasteiger partial charge in [-0.3, -0.25) is 4.79 Å². The average molecular weight is 358 g/mol. The number of benzene rings is 1. The van der Waals surface area contributed by atoms with Gasteiger partial charge in [0.1, 0.15) is 5.82 Å². The molecule has 0 spiro atoms. The zero-order valence-electron chi connectivity index (χ0n) is 11.9. The summed E-state index contributed by atoms with van der Waals surface area (Å²) < 4.78 is 13.6. The maximum atomic E-state index is 13.2. The first-order valence-corrected chi connectivity index (χ1v) is 8.09. The van der Waals surface area contributed by atoms with Crippen LogP contribution >= 0.6 is 15.9 Å². The molecule has 3 N–H and O–H groups in total. The van der Waals surface area contributed by atoms with Gasteiger partial charge < -0.3 is 16.0 Å². The van der Waals surface area contributed by atoms with Crippen LogP contribution in [0.15, 0.2) is 22.7 Å². The number of amides is 1. The van der Waals surface area contributed by atoms with E-state index in [4.69, 9.17) is 5.73 Å². The molecule has 1 atom stereocenters. The van der Waals surface area contributed by atoms with Crippen molar-refractivity contribution >= 4 is 27.5 Å². The summed E-state index contributed by atoms with van der Waals surface area (Å²) in [6.45, 7) is 2.05. The zero-order chi connectivity index (χ0) is 15.2. The number of hydrogen-bond donors (Lipinski definition) is 2. The topological polar surface area (TPSA) is 58.4 Å². The first-order chi connectivity index (χ1) is 10.1. The first kappa shape index (κ1) is 16.2. The lowest BCUT2D eigenvalue weighted by atomic mass is 10.1. The number of nitrogens with one attached hydrogen (secondary N) is 1. The molecule has 6 heteroatoms. The normalized spacial score (nSPS) is 16.6. The molecule has 0 radical (unpaired) electrons. The zero-order valence-corrected chi connectivity index (χ0v) is 13.5. The van der Waals surface area contributed by atoms with Gasteiger partial charge >= 0.3 is 0 Å². The largest absolute Gasteiger partial charge is 0.380 e. The number of nitrogens with two attached hydrogens (primary N) is 1. The van der Waals surface area contributed by atoms with Gasteiger partial charge in [-0.15, -0.1) is 0 Å². The van der Waals surface area contributed by atoms with Crippen LogP contribution in [0.4, 0.5) is 10.1 Å². The molecule has 1 aromatic rings. The van der Waals surface area contributed by atoms with Crippen LogP contribution in [-0.2, 0) is 4.79 Å². The van der Waals surface area contributed by atoms with Crippen molar-refractivity contribution in [2.24, 2.45) is 5.73 Å². The molecule has 0 aliphatic carbocycles. The number of halogens is 2. The minimum Gasteiger partial charge on any atom is -0.380 e. The molecule has 1 aliphatic rings. The molecule has 4 nitrogen and oxygen atoms in total. The summed E-state index contributed by atoms with van der Waals surface area (Å²) in [5.41, 5.74) is 6.50. The number of carbonyl (C=O) groups is 1. The Morgan fingerprint density at radius 2 is 2.10 bits per heavy atom. The summed E-state index contributed by atoms with van der Waals surface area (Å²) in [5.74, 6) is -0.173. The van der Waals surface area contributed by atoms with Crippen LogP contribution in [0.5, 0.6) is 0 Å². The van der Waals surface area contributed by atoms with Crippen molar-refractivity contribution in [2.45, 2.75) is 31.7 Å². The predicted molar refractivity (Wildman–Crippen MR) is 85.6 cm³/mol. The van der Waals surface area contributed by atoms with Gasteiger partial charge in [0.05, 0.1) is 4.47 Å². The van der Waals surface area contributed by atoms with Gasteiger partial charge in [0.2, 0.25) is 5.91 Å². The number of rotatable bonds is 5. The molecule has 1 saturated heterocycles. The van der Waals surface area contributed by atoms with Crippen LogP contribution < -0.4 is 11.1 Å². The monoisotopic (exact) mass is 357 g/mol. The Labute approximate surface area is 133 Å². The van der Waals surface area contributed by atoms with Crippen molar-refractivity contribution < 1.29 is 9.18 Å². The summed E-state index contributed by atoms with van der Waals surface area (Å²) in [4.78, 5) is 14.2. The molecule has 1 fully saturated rings. The number of hydrogen-bond acceptors (Lipinski definition) is 3. The highest BCUT2D eigenvalue weighted by atomic mass is 79.9. The molecule has 21 heavy (non-hydrogen) atoms. The van der Waals surface area contributed by atoms with Crippen LogP contribution in [0, 0.1) is 5.82 Å². The smallest absolute Gasteiger partial charge is 0.224 e. The van der Waals surface area contributed by atoms with E-state index >= 15 is 0 Å². The highest BCUT2D eigenvalue weighted by Gasteiger charge is 2.20. The van der Waals surface area contributed by atoms with Crippen molar-refractivity contribution in [3.05, 3.63) is 28.5 Å². The maximum absolute atomic E-state index is 13.2. The lowest BCUT2D eigenvalue weighted by molar-refractivity contribution is -0.132. The number of nitrogens with zero attached hydrogens (tertiary/aromatic N) is 1. The number of piperidine rings is 1. The molecule has 0 aromatic heterocycles. The standard InChI is InChI=1S/C15H21BrFN3O/c16-13-8-11(4-5-14(13)17)19-12(10-18)9-15(21)20-6-2-1-3-7-20/h4-5,8,12,19H,1-3,6-7,9-10,18H2. The highest BCUT2D eigenvalue weighted by molar-refractivity contribution is 9.10. The van der Waals surface area contributed by atoms with Crippen molar-refractivity contribution in [3.8, 4) is 0 Å². The van der Waals surface area contributed by atoms with Gasteiger partial charge in [0, 0.05) is 37.8 Å². The molecule has 116 valence electrons. The Morgan fingerprint density at radius 1 is 1.38 bits per heavy atom. The second kappa shape index (κ2) is 7.75. The molecule has 2 rings (SSSR count). The third-order valence-electron chi connectivity index (χ3n) is 3.70. The summed E-state index contributed by atoms with van der Waals surface area (Å²) in [6, 6.07) is 4.54. The van der Waals surface area contributed by atoms with E-state index in [2.05, 4.69) is 21.2 Å². The van der Waals surface area contributed by atoms with Gasteiger partial charge in [-0.2, -0.15) is 0 Å². The van der Waals surface area contributed by atoms with Crippen molar-refractivity contribution in [3.63, 3.8) is 0 Å². The van der Waals surface area contributed by atoms with E-state index in [0.717, 1.165) is 31.6 Å². The Hall–Kier alpha value is -1.14. The molecule has 1 amide bonds. The minimum absolute atomic E-state index is 0.138. The van der Waals surface area contributed by atoms with Gasteiger partial charge in [0.15, 0.2) is 0 Å². The summed E-state index contributed by atoms with van der Waals surface area (Å²) in [7, 11) is 0. The van der Waals surface area contributed by atoms with E-state index in [1.54, 1.807) is 12.1 Å². The molecule has 1 heterocycles. The lowest BCUT2D eigenvalue weighted by Gasteiger charge is -2.28. The van der Waals surface area contributed by atoms with Crippen LogP contribution in [-0.4, -0.2) is 36.5 Å². The third-order valence-corrected chi connectivity index (χ3v) is 4.31. The fourth-order valence-corrected chi connectivity index (χ4v) is 2.88. The van der Waals surface area contributed by atoms with E-state index in [9.17, 15) is 9.18 Å². The minimum atomic E-state index is -0.311. The molecule has 1 aromatic carbocycles. The van der Waals surface area contributed by atoms with Crippen LogP contribution in [0.25, 0.3) is 0 Å². The number of anilines is 1. The Bertz CT molecular complexity index is 492. The molecular formula is C15H21BrFN3O. The van der Waals surface area contributed by atoms with E-state index in [1.165, 1.54) is 12.5 Å². The second-order valence-electron chi connectivity index (χ2n) is 5.35. The fourth-order valence-electron chi connectivity index (χ4n) is 2.50. The van der Waals surface area contributed by atoms with Crippen LogP contribution in [0.1, 0.15) is 25.7 Å². The van der Waals surface area contributed by atoms with E-state index in [1.807, 2.05) is 4.90 Å². The van der Waals surface area contributed by atoms with E-state index in [0.29, 0.717) is 17.4 Å². The van der Waals surface area contributed by atoms with Crippen LogP contribution in [0.3, 0.4) is 0 Å². The summed E-state index contributed by atoms with van der Waals surface area (Å²) in [5, 5.41) is 3.20. The summed E-state index contributed by atoms with van der Waals surface area (Å²) >= 11 is 3.15. The lowest BCUT2D eigenvalue weighted by Crippen LogP contribution is -2.40. The molecule has 1 aliphatic heterocycles. The van der Waals surface area contributed by atoms with Crippen molar-refractivity contribution in [2.75, 3.05) is 25.0 Å². The van der Waals surface area contributed by atoms with E-state index < -0.39 is 0 Å². The highest BCUT2D eigenvalue weighted by Crippen LogP contribution is 2.21. The molecule has 0 saturated carbocycles. The molecule has 1 unspecified atom stereocenters. The Kier molecular flexibility index (Phi) is 5.99. The first-order valence-electron chi connectivity index (χ1n) is 7.29. The Morgan fingerprint density at radius 3 is 2.71 bits per heavy atom. The van der Waals surface area contributed by atoms with E-state index in [-0.39, 0.29) is 17.8 Å². The molecule has 0 bridgehead atoms. The maximum Gasteiger partial charge on any atom is 0.224 e. The summed E-state index contributed by atoms with van der Waals surface area (Å²) in [6.07, 6.45) is 3.73. The molecular weight excluding hydrogens is 337 g/mol. The average Bonchev–Trinajstić information content (AvgIpc) is 2.51. The third kappa shape index (κ3) is 4.68.